The second-order valence-corrected chi connectivity index (χ2v) is 22.1. The van der Waals surface area contributed by atoms with E-state index in [4.69, 9.17) is 0 Å². The van der Waals surface area contributed by atoms with Crippen molar-refractivity contribution in [3.63, 3.8) is 0 Å². The molecular formula is C64H67N. The third-order valence-electron chi connectivity index (χ3n) is 18.5. The summed E-state index contributed by atoms with van der Waals surface area (Å²) in [4.78, 5) is 2.51. The van der Waals surface area contributed by atoms with Crippen molar-refractivity contribution in [1.82, 2.24) is 0 Å². The highest BCUT2D eigenvalue weighted by molar-refractivity contribution is 5.94. The Hall–Kier alpha value is -5.40. The van der Waals surface area contributed by atoms with E-state index in [0.717, 1.165) is 42.4 Å². The van der Waals surface area contributed by atoms with E-state index in [-0.39, 0.29) is 10.8 Å². The summed E-state index contributed by atoms with van der Waals surface area (Å²) in [6, 6.07) is 44.5. The molecule has 7 aliphatic carbocycles. The van der Waals surface area contributed by atoms with Crippen LogP contribution in [0.15, 0.2) is 164 Å². The molecule has 328 valence electrons. The number of benzene rings is 5. The Morgan fingerprint density at radius 2 is 1.06 bits per heavy atom. The van der Waals surface area contributed by atoms with Gasteiger partial charge in [-0.1, -0.05) is 138 Å². The fraction of sp³-hybridized carbons (Fsp3) is 0.375. The molecule has 5 aromatic carbocycles. The lowest BCUT2D eigenvalue weighted by Gasteiger charge is -2.55. The summed E-state index contributed by atoms with van der Waals surface area (Å²) in [6.45, 7) is 19.0. The van der Waals surface area contributed by atoms with Crippen molar-refractivity contribution in [3.05, 3.63) is 186 Å². The zero-order valence-corrected chi connectivity index (χ0v) is 39.3. The van der Waals surface area contributed by atoms with Crippen LogP contribution in [0.4, 0.5) is 17.1 Å². The molecule has 0 aromatic heterocycles. The Labute approximate surface area is 389 Å². The van der Waals surface area contributed by atoms with Gasteiger partial charge in [-0.2, -0.15) is 0 Å². The minimum atomic E-state index is -0.00815. The van der Waals surface area contributed by atoms with E-state index >= 15 is 0 Å². The van der Waals surface area contributed by atoms with Gasteiger partial charge in [0.2, 0.25) is 0 Å². The molecule has 0 aliphatic heterocycles. The first kappa shape index (κ1) is 41.1. The summed E-state index contributed by atoms with van der Waals surface area (Å²) in [6.07, 6.45) is 22.7. The second-order valence-electron chi connectivity index (χ2n) is 22.1. The molecule has 7 aliphatic rings. The average Bonchev–Trinajstić information content (AvgIpc) is 3.78. The highest BCUT2D eigenvalue weighted by atomic mass is 15.1. The maximum Gasteiger partial charge on any atom is 0.0468 e. The van der Waals surface area contributed by atoms with E-state index in [9.17, 15) is 0 Å². The smallest absolute Gasteiger partial charge is 0.0468 e. The normalized spacial score (nSPS) is 31.8. The molecule has 4 fully saturated rings. The van der Waals surface area contributed by atoms with Crippen molar-refractivity contribution in [2.45, 2.75) is 103 Å². The lowest BCUT2D eigenvalue weighted by atomic mass is 9.49. The Balaban J connectivity index is 0.959. The van der Waals surface area contributed by atoms with Crippen LogP contribution in [0, 0.1) is 47.3 Å². The van der Waals surface area contributed by atoms with Crippen LogP contribution >= 0.6 is 0 Å². The largest absolute Gasteiger partial charge is 0.310 e. The molecule has 0 heterocycles. The summed E-state index contributed by atoms with van der Waals surface area (Å²) < 4.78 is 0. The zero-order chi connectivity index (χ0) is 44.2. The van der Waals surface area contributed by atoms with Crippen molar-refractivity contribution in [2.75, 3.05) is 4.90 Å². The van der Waals surface area contributed by atoms with Gasteiger partial charge < -0.3 is 4.90 Å². The molecule has 1 nitrogen and oxygen atoms in total. The number of nitrogens with zero attached hydrogens (tertiary/aromatic N) is 1. The highest BCUT2D eigenvalue weighted by Gasteiger charge is 2.59. The molecule has 0 N–H and O–H groups in total. The van der Waals surface area contributed by atoms with E-state index in [0.29, 0.717) is 17.8 Å². The third-order valence-corrected chi connectivity index (χ3v) is 18.5. The van der Waals surface area contributed by atoms with Crippen molar-refractivity contribution < 1.29 is 0 Å². The first-order chi connectivity index (χ1) is 31.7. The number of fused-ring (bicyclic) bond motifs is 13. The quantitative estimate of drug-likeness (QED) is 0.158. The van der Waals surface area contributed by atoms with Crippen molar-refractivity contribution >= 4 is 28.2 Å². The van der Waals surface area contributed by atoms with Crippen molar-refractivity contribution in [3.8, 4) is 22.3 Å². The molecule has 10 atom stereocenters. The van der Waals surface area contributed by atoms with Crippen LogP contribution in [0.25, 0.3) is 33.4 Å². The Morgan fingerprint density at radius 3 is 1.71 bits per heavy atom. The molecule has 65 heavy (non-hydrogen) atoms. The first-order valence-electron chi connectivity index (χ1n) is 25.5. The SMILES string of the molecule is C=CC1=C(C=C)C2(c3cc(-c4ccc(N(c5ccc(-c6ccccc6)cc5)c5ccc6c(c5)C5=CCCC=C5C65C(C)CC6CC(C)CC5C6)cc4)ccc31)C(C)CC1CC(C)CC2C1. The van der Waals surface area contributed by atoms with Gasteiger partial charge >= 0.3 is 0 Å². The molecule has 0 saturated heterocycles. The van der Waals surface area contributed by atoms with Gasteiger partial charge in [0.05, 0.1) is 0 Å². The topological polar surface area (TPSA) is 3.24 Å². The molecule has 0 radical (unpaired) electrons. The minimum Gasteiger partial charge on any atom is -0.310 e. The van der Waals surface area contributed by atoms with Crippen LogP contribution in [0.5, 0.6) is 0 Å². The summed E-state index contributed by atoms with van der Waals surface area (Å²) in [5, 5.41) is 0. The van der Waals surface area contributed by atoms with E-state index < -0.39 is 0 Å². The van der Waals surface area contributed by atoms with Crippen LogP contribution in [0.2, 0.25) is 0 Å². The molecule has 10 unspecified atom stereocenters. The summed E-state index contributed by atoms with van der Waals surface area (Å²) in [5.74, 6) is 5.85. The second kappa shape index (κ2) is 15.6. The molecule has 4 saturated carbocycles. The summed E-state index contributed by atoms with van der Waals surface area (Å²) in [5.41, 5.74) is 20.7. The van der Waals surface area contributed by atoms with E-state index in [1.165, 1.54) is 124 Å². The van der Waals surface area contributed by atoms with Gasteiger partial charge in [0.25, 0.3) is 0 Å². The number of anilines is 3. The lowest BCUT2D eigenvalue weighted by molar-refractivity contribution is 0.0417. The minimum absolute atomic E-state index is 0.00815. The highest BCUT2D eigenvalue weighted by Crippen LogP contribution is 2.67. The molecule has 12 rings (SSSR count). The molecule has 1 heteroatoms. The maximum atomic E-state index is 4.47. The van der Waals surface area contributed by atoms with Gasteiger partial charge in [-0.3, -0.25) is 0 Å². The van der Waals surface area contributed by atoms with Gasteiger partial charge in [0, 0.05) is 27.9 Å². The monoisotopic (exact) mass is 850 g/mol. The fourth-order valence-electron chi connectivity index (χ4n) is 16.5. The van der Waals surface area contributed by atoms with E-state index in [1.54, 1.807) is 11.1 Å². The van der Waals surface area contributed by atoms with Crippen LogP contribution in [-0.4, -0.2) is 0 Å². The van der Waals surface area contributed by atoms with E-state index in [1.807, 2.05) is 0 Å². The number of allylic oxidation sites excluding steroid dienone is 8. The number of hydrogen-bond acceptors (Lipinski definition) is 1. The molecule has 5 aromatic rings. The van der Waals surface area contributed by atoms with Gasteiger partial charge in [0.1, 0.15) is 0 Å². The van der Waals surface area contributed by atoms with Crippen LogP contribution in [0.1, 0.15) is 114 Å². The molecule has 0 amide bonds. The Bertz CT molecular complexity index is 2790. The number of rotatable bonds is 7. The number of hydrogen-bond donors (Lipinski definition) is 0. The third kappa shape index (κ3) is 6.09. The van der Waals surface area contributed by atoms with Crippen LogP contribution < -0.4 is 4.90 Å². The van der Waals surface area contributed by atoms with Gasteiger partial charge in [-0.15, -0.1) is 0 Å². The molecule has 2 spiro atoms. The lowest BCUT2D eigenvalue weighted by Crippen LogP contribution is -2.49. The molecular weight excluding hydrogens is 783 g/mol. The predicted molar refractivity (Wildman–Crippen MR) is 276 cm³/mol. The van der Waals surface area contributed by atoms with E-state index in [2.05, 4.69) is 185 Å². The summed E-state index contributed by atoms with van der Waals surface area (Å²) >= 11 is 0. The summed E-state index contributed by atoms with van der Waals surface area (Å²) in [7, 11) is 0. The van der Waals surface area contributed by atoms with Crippen molar-refractivity contribution in [1.29, 1.82) is 0 Å². The van der Waals surface area contributed by atoms with Crippen LogP contribution in [0.3, 0.4) is 0 Å². The van der Waals surface area contributed by atoms with Crippen molar-refractivity contribution in [2.24, 2.45) is 47.3 Å². The van der Waals surface area contributed by atoms with Gasteiger partial charge in [0.15, 0.2) is 0 Å². The Kier molecular flexibility index (Phi) is 9.86. The van der Waals surface area contributed by atoms with Crippen LogP contribution in [-0.2, 0) is 10.8 Å². The van der Waals surface area contributed by atoms with Gasteiger partial charge in [-0.25, -0.2) is 0 Å². The zero-order valence-electron chi connectivity index (χ0n) is 39.3. The molecule has 4 bridgehead atoms. The first-order valence-corrected chi connectivity index (χ1v) is 25.5. The standard InChI is InChI=1S/C64H67N/c1-7-55-57-28-22-49(38-62(57)63(59(55)8-2)42(5)34-44-30-40(3)32-50(63)36-44)48-20-25-53(26-21-48)65(52-23-18-47(19-24-52)46-14-10-9-11-15-46)54-27-29-61-58(39-54)56-16-12-13-17-60(56)64(61)43(6)35-45-31-41(4)33-51(64)37-45/h7-11,14-29,38-45,50-51H,1-2,12-13,30-37H2,3-6H3. The Morgan fingerprint density at radius 1 is 0.492 bits per heavy atom. The fourth-order valence-corrected chi connectivity index (χ4v) is 16.5. The van der Waals surface area contributed by atoms with Gasteiger partial charge in [-0.05, 0) is 221 Å². The maximum absolute atomic E-state index is 4.47. The predicted octanol–water partition coefficient (Wildman–Crippen LogP) is 17.4. The average molecular weight is 850 g/mol.